The van der Waals surface area contributed by atoms with E-state index in [0.717, 1.165) is 0 Å². The van der Waals surface area contributed by atoms with Crippen LogP contribution in [0.2, 0.25) is 0 Å². The minimum atomic E-state index is -0.662. The predicted molar refractivity (Wildman–Crippen MR) is 124 cm³/mol. The van der Waals surface area contributed by atoms with Crippen LogP contribution in [0.1, 0.15) is 26.5 Å². The topological polar surface area (TPSA) is 99.2 Å². The summed E-state index contributed by atoms with van der Waals surface area (Å²) in [6.07, 6.45) is 0.00847. The summed E-state index contributed by atoms with van der Waals surface area (Å²) in [7, 11) is 1.54. The predicted octanol–water partition coefficient (Wildman–Crippen LogP) is 3.75. The molecule has 4 rings (SSSR count). The summed E-state index contributed by atoms with van der Waals surface area (Å²) in [6, 6.07) is 16.4. The first-order valence-corrected chi connectivity index (χ1v) is 11.3. The number of ether oxygens (including phenoxy) is 3. The molecule has 1 aromatic heterocycles. The average molecular weight is 480 g/mol. The normalized spacial score (nSPS) is 15.1. The van der Waals surface area contributed by atoms with Crippen molar-refractivity contribution in [2.45, 2.75) is 6.42 Å². The van der Waals surface area contributed by atoms with Crippen molar-refractivity contribution in [3.63, 3.8) is 0 Å². The molecule has 174 valence electrons. The molecule has 1 amide bonds. The summed E-state index contributed by atoms with van der Waals surface area (Å²) in [5.41, 5.74) is 0.944. The van der Waals surface area contributed by atoms with Gasteiger partial charge in [0, 0.05) is 30.3 Å². The zero-order chi connectivity index (χ0) is 24.1. The Labute approximate surface area is 199 Å². The Kier molecular flexibility index (Phi) is 7.03. The first kappa shape index (κ1) is 23.2. The third-order valence-corrected chi connectivity index (χ3v) is 6.13. The van der Waals surface area contributed by atoms with Gasteiger partial charge in [-0.25, -0.2) is 4.79 Å². The molecule has 8 nitrogen and oxygen atoms in total. The van der Waals surface area contributed by atoms with Crippen molar-refractivity contribution in [2.75, 3.05) is 25.2 Å². The molecule has 1 saturated heterocycles. The summed E-state index contributed by atoms with van der Waals surface area (Å²) in [6.45, 7) is -0.277. The molecule has 2 heterocycles. The average Bonchev–Trinajstić information content (AvgIpc) is 3.53. The maximum Gasteiger partial charge on any atom is 0.353 e. The lowest BCUT2D eigenvalue weighted by atomic mass is 10.1. The number of hydrogen-bond acceptors (Lipinski definition) is 8. The molecule has 0 saturated carbocycles. The van der Waals surface area contributed by atoms with Gasteiger partial charge in [-0.3, -0.25) is 14.4 Å². The molecule has 1 fully saturated rings. The number of ketones is 1. The number of anilines is 1. The highest BCUT2D eigenvalue weighted by Crippen LogP contribution is 2.28. The molecule has 0 unspecified atom stereocenters. The Bertz CT molecular complexity index is 1200. The van der Waals surface area contributed by atoms with Crippen molar-refractivity contribution in [3.8, 4) is 11.5 Å². The van der Waals surface area contributed by atoms with E-state index in [1.165, 1.54) is 47.6 Å². The molecule has 0 N–H and O–H groups in total. The van der Waals surface area contributed by atoms with Gasteiger partial charge in [-0.1, -0.05) is 12.1 Å². The van der Waals surface area contributed by atoms with E-state index in [1.807, 2.05) is 0 Å². The number of amides is 1. The van der Waals surface area contributed by atoms with Gasteiger partial charge in [0.15, 0.2) is 12.4 Å². The molecule has 1 atom stereocenters. The molecule has 0 radical (unpaired) electrons. The lowest BCUT2D eigenvalue weighted by Gasteiger charge is -2.17. The van der Waals surface area contributed by atoms with Gasteiger partial charge >= 0.3 is 11.9 Å². The van der Waals surface area contributed by atoms with Crippen LogP contribution in [0, 0.1) is 5.92 Å². The maximum absolute atomic E-state index is 12.5. The number of nitrogens with zero attached hydrogens (tertiary/aromatic N) is 1. The molecular formula is C25H21NO7S. The second-order valence-electron chi connectivity index (χ2n) is 7.53. The Balaban J connectivity index is 1.29. The van der Waals surface area contributed by atoms with Crippen molar-refractivity contribution in [3.05, 3.63) is 76.5 Å². The van der Waals surface area contributed by atoms with Crippen LogP contribution in [-0.2, 0) is 14.3 Å². The minimum absolute atomic E-state index is 0.00847. The summed E-state index contributed by atoms with van der Waals surface area (Å²) in [5.74, 6) is -1.44. The smallest absolute Gasteiger partial charge is 0.353 e. The fourth-order valence-corrected chi connectivity index (χ4v) is 4.09. The SMILES string of the molecule is COc1cccc(N2C[C@H](C(=O)OCC(=O)c3ccc(OC(=O)c4cccs4)cc3)CC2=O)c1. The quantitative estimate of drug-likeness (QED) is 0.276. The van der Waals surface area contributed by atoms with Crippen LogP contribution >= 0.6 is 11.3 Å². The van der Waals surface area contributed by atoms with Crippen molar-refractivity contribution < 1.29 is 33.4 Å². The lowest BCUT2D eigenvalue weighted by molar-refractivity contribution is -0.147. The zero-order valence-electron chi connectivity index (χ0n) is 18.3. The van der Waals surface area contributed by atoms with Crippen LogP contribution in [0.3, 0.4) is 0 Å². The molecule has 3 aromatic rings. The van der Waals surface area contributed by atoms with E-state index in [1.54, 1.807) is 41.8 Å². The second-order valence-corrected chi connectivity index (χ2v) is 8.48. The second kappa shape index (κ2) is 10.3. The number of rotatable bonds is 8. The van der Waals surface area contributed by atoms with E-state index in [-0.39, 0.29) is 18.9 Å². The summed E-state index contributed by atoms with van der Waals surface area (Å²) in [4.78, 5) is 51.3. The molecule has 2 aromatic carbocycles. The summed E-state index contributed by atoms with van der Waals surface area (Å²) >= 11 is 1.27. The number of esters is 2. The third-order valence-electron chi connectivity index (χ3n) is 5.28. The Morgan fingerprint density at radius 1 is 1.03 bits per heavy atom. The number of Topliss-reactive ketones (excluding diaryl/α,β-unsaturated/α-hetero) is 1. The van der Waals surface area contributed by atoms with Crippen LogP contribution in [-0.4, -0.2) is 43.9 Å². The highest BCUT2D eigenvalue weighted by Gasteiger charge is 2.36. The number of benzene rings is 2. The molecular weight excluding hydrogens is 458 g/mol. The van der Waals surface area contributed by atoms with Gasteiger partial charge in [0.1, 0.15) is 16.4 Å². The van der Waals surface area contributed by atoms with Gasteiger partial charge in [-0.05, 0) is 47.8 Å². The van der Waals surface area contributed by atoms with Crippen LogP contribution in [0.15, 0.2) is 66.0 Å². The van der Waals surface area contributed by atoms with E-state index >= 15 is 0 Å². The lowest BCUT2D eigenvalue weighted by Crippen LogP contribution is -2.27. The molecule has 34 heavy (non-hydrogen) atoms. The minimum Gasteiger partial charge on any atom is -0.497 e. The number of thiophene rings is 1. The highest BCUT2D eigenvalue weighted by atomic mass is 32.1. The standard InChI is InChI=1S/C25H21NO7S/c1-31-20-5-2-4-18(13-20)26-14-17(12-23(26)28)24(29)32-15-21(27)16-7-9-19(10-8-16)33-25(30)22-6-3-11-34-22/h2-11,13,17H,12,14-15H2,1H3/t17-/m1/s1. The molecule has 9 heteroatoms. The third kappa shape index (κ3) is 5.32. The fraction of sp³-hybridized carbons (Fsp3) is 0.200. The summed E-state index contributed by atoms with van der Waals surface area (Å²) in [5, 5.41) is 1.78. The van der Waals surface area contributed by atoms with E-state index in [4.69, 9.17) is 14.2 Å². The van der Waals surface area contributed by atoms with Crippen LogP contribution in [0.25, 0.3) is 0 Å². The van der Waals surface area contributed by atoms with Gasteiger partial charge in [0.2, 0.25) is 5.91 Å². The Morgan fingerprint density at radius 3 is 2.53 bits per heavy atom. The van der Waals surface area contributed by atoms with Gasteiger partial charge in [-0.15, -0.1) is 11.3 Å². The molecule has 1 aliphatic rings. The molecule has 0 spiro atoms. The Morgan fingerprint density at radius 2 is 1.82 bits per heavy atom. The summed E-state index contributed by atoms with van der Waals surface area (Å²) < 4.78 is 15.6. The monoisotopic (exact) mass is 479 g/mol. The first-order valence-electron chi connectivity index (χ1n) is 10.4. The van der Waals surface area contributed by atoms with Crippen LogP contribution in [0.5, 0.6) is 11.5 Å². The van der Waals surface area contributed by atoms with E-state index < -0.39 is 30.2 Å². The maximum atomic E-state index is 12.5. The van der Waals surface area contributed by atoms with Crippen molar-refractivity contribution in [1.82, 2.24) is 0 Å². The number of carbonyl (C=O) groups is 4. The molecule has 0 bridgehead atoms. The number of methoxy groups -OCH3 is 1. The number of hydrogen-bond donors (Lipinski definition) is 0. The first-order chi connectivity index (χ1) is 16.4. The molecule has 1 aliphatic heterocycles. The molecule has 0 aliphatic carbocycles. The van der Waals surface area contributed by atoms with Crippen molar-refractivity contribution in [2.24, 2.45) is 5.92 Å². The van der Waals surface area contributed by atoms with E-state index in [2.05, 4.69) is 0 Å². The Hall–Kier alpha value is -3.98. The van der Waals surface area contributed by atoms with Gasteiger partial charge in [0.05, 0.1) is 13.0 Å². The van der Waals surface area contributed by atoms with Crippen molar-refractivity contribution >= 4 is 40.7 Å². The van der Waals surface area contributed by atoms with Crippen molar-refractivity contribution in [1.29, 1.82) is 0 Å². The van der Waals surface area contributed by atoms with Crippen LogP contribution < -0.4 is 14.4 Å². The zero-order valence-corrected chi connectivity index (χ0v) is 19.1. The van der Waals surface area contributed by atoms with E-state index in [0.29, 0.717) is 27.6 Å². The largest absolute Gasteiger partial charge is 0.497 e. The van der Waals surface area contributed by atoms with Gasteiger partial charge in [-0.2, -0.15) is 0 Å². The van der Waals surface area contributed by atoms with Crippen LogP contribution in [0.4, 0.5) is 5.69 Å². The van der Waals surface area contributed by atoms with Gasteiger partial charge in [0.25, 0.3) is 0 Å². The number of carbonyl (C=O) groups excluding carboxylic acids is 4. The van der Waals surface area contributed by atoms with E-state index in [9.17, 15) is 19.2 Å². The van der Waals surface area contributed by atoms with Gasteiger partial charge < -0.3 is 19.1 Å². The highest BCUT2D eigenvalue weighted by molar-refractivity contribution is 7.12. The fourth-order valence-electron chi connectivity index (χ4n) is 3.49.